The molecule has 8 nitrogen and oxygen atoms in total. The van der Waals surface area contributed by atoms with Crippen molar-refractivity contribution in [3.8, 4) is 0 Å². The number of nitrogens with one attached hydrogen (secondary N) is 3. The maximum atomic E-state index is 5.53. The van der Waals surface area contributed by atoms with Gasteiger partial charge in [0.1, 0.15) is 5.52 Å². The minimum atomic E-state index is 0.508. The Bertz CT molecular complexity index is 991. The molecule has 0 aliphatic carbocycles. The normalized spacial score (nSPS) is 11.2. The molecule has 3 heterocycles. The quantitative estimate of drug-likeness (QED) is 0.383. The Morgan fingerprint density at radius 1 is 1.16 bits per heavy atom. The lowest BCUT2D eigenvalue weighted by molar-refractivity contribution is 0.614. The second-order valence-corrected chi connectivity index (χ2v) is 5.75. The fourth-order valence-electron chi connectivity index (χ4n) is 2.66. The van der Waals surface area contributed by atoms with E-state index in [9.17, 15) is 0 Å². The smallest absolute Gasteiger partial charge is 0.229 e. The molecule has 0 saturated heterocycles. The van der Waals surface area contributed by atoms with Gasteiger partial charge in [-0.25, -0.2) is 4.98 Å². The van der Waals surface area contributed by atoms with Gasteiger partial charge in [-0.2, -0.15) is 10.1 Å². The maximum Gasteiger partial charge on any atom is 0.229 e. The molecular weight excluding hydrogens is 318 g/mol. The lowest BCUT2D eigenvalue weighted by atomic mass is 10.2. The molecule has 1 aromatic carbocycles. The summed E-state index contributed by atoms with van der Waals surface area (Å²) in [4.78, 5) is 9.05. The number of benzene rings is 1. The Morgan fingerprint density at radius 3 is 3.04 bits per heavy atom. The molecular formula is C17H19N7O. The van der Waals surface area contributed by atoms with Crippen molar-refractivity contribution in [3.63, 3.8) is 0 Å². The van der Waals surface area contributed by atoms with Crippen molar-refractivity contribution in [1.29, 1.82) is 0 Å². The fraction of sp³-hybridized carbons (Fsp3) is 0.235. The van der Waals surface area contributed by atoms with Crippen molar-refractivity contribution in [1.82, 2.24) is 20.2 Å². The summed E-state index contributed by atoms with van der Waals surface area (Å²) in [5, 5.41) is 14.6. The average Bonchev–Trinajstić information content (AvgIpc) is 3.27. The monoisotopic (exact) mass is 337 g/mol. The van der Waals surface area contributed by atoms with Gasteiger partial charge >= 0.3 is 0 Å². The molecule has 4 rings (SSSR count). The Kier molecular flexibility index (Phi) is 4.17. The molecule has 0 amide bonds. The van der Waals surface area contributed by atoms with E-state index in [0.717, 1.165) is 41.5 Å². The second kappa shape index (κ2) is 6.78. The van der Waals surface area contributed by atoms with Crippen LogP contribution in [0.5, 0.6) is 0 Å². The number of aromatic nitrogens is 4. The summed E-state index contributed by atoms with van der Waals surface area (Å²) in [6, 6.07) is 7.75. The van der Waals surface area contributed by atoms with E-state index in [2.05, 4.69) is 30.8 Å². The molecule has 0 bridgehead atoms. The lowest BCUT2D eigenvalue weighted by Crippen LogP contribution is -2.08. The predicted molar refractivity (Wildman–Crippen MR) is 98.0 cm³/mol. The first-order valence-corrected chi connectivity index (χ1v) is 8.23. The highest BCUT2D eigenvalue weighted by atomic mass is 16.3. The fourth-order valence-corrected chi connectivity index (χ4v) is 2.66. The number of fused-ring (bicyclic) bond motifs is 2. The van der Waals surface area contributed by atoms with E-state index in [1.807, 2.05) is 24.3 Å². The van der Waals surface area contributed by atoms with Gasteiger partial charge < -0.3 is 20.8 Å². The lowest BCUT2D eigenvalue weighted by Gasteiger charge is -2.09. The molecule has 0 aliphatic rings. The first kappa shape index (κ1) is 15.4. The SMILES string of the molecule is NCCCCNc1nc(Nc2ccc3cn[nH]c3c2)nc2ccoc12. The van der Waals surface area contributed by atoms with E-state index in [1.165, 1.54) is 0 Å². The summed E-state index contributed by atoms with van der Waals surface area (Å²) in [5.74, 6) is 1.19. The number of nitrogens with zero attached hydrogens (tertiary/aromatic N) is 3. The van der Waals surface area contributed by atoms with Crippen molar-refractivity contribution in [2.45, 2.75) is 12.8 Å². The van der Waals surface area contributed by atoms with Crippen molar-refractivity contribution < 1.29 is 4.42 Å². The number of nitrogens with two attached hydrogens (primary N) is 1. The Labute approximate surface area is 143 Å². The van der Waals surface area contributed by atoms with Crippen LogP contribution >= 0.6 is 0 Å². The first-order chi connectivity index (χ1) is 12.3. The van der Waals surface area contributed by atoms with Crippen LogP contribution in [0.4, 0.5) is 17.5 Å². The van der Waals surface area contributed by atoms with E-state index in [1.54, 1.807) is 12.5 Å². The van der Waals surface area contributed by atoms with Crippen LogP contribution in [-0.2, 0) is 0 Å². The zero-order chi connectivity index (χ0) is 17.1. The molecule has 0 atom stereocenters. The minimum Gasteiger partial charge on any atom is -0.459 e. The standard InChI is InChI=1S/C17H19N7O/c18-6-1-2-7-19-16-15-13(5-8-25-15)22-17(23-16)21-12-4-3-11-10-20-24-14(11)9-12/h3-5,8-10H,1-2,6-7,18H2,(H,20,24)(H2,19,21,22,23). The summed E-state index contributed by atoms with van der Waals surface area (Å²) < 4.78 is 5.51. The summed E-state index contributed by atoms with van der Waals surface area (Å²) >= 11 is 0. The number of unbranched alkanes of at least 4 members (excludes halogenated alkanes) is 1. The second-order valence-electron chi connectivity index (χ2n) is 5.75. The van der Waals surface area contributed by atoms with Gasteiger partial charge in [0.25, 0.3) is 0 Å². The molecule has 0 radical (unpaired) electrons. The van der Waals surface area contributed by atoms with E-state index < -0.39 is 0 Å². The molecule has 5 N–H and O–H groups in total. The summed E-state index contributed by atoms with van der Waals surface area (Å²) in [6.07, 6.45) is 5.35. The summed E-state index contributed by atoms with van der Waals surface area (Å²) in [5.41, 5.74) is 8.78. The summed E-state index contributed by atoms with van der Waals surface area (Å²) in [7, 11) is 0. The molecule has 25 heavy (non-hydrogen) atoms. The van der Waals surface area contributed by atoms with E-state index in [0.29, 0.717) is 23.9 Å². The number of rotatable bonds is 7. The van der Waals surface area contributed by atoms with Gasteiger partial charge in [0.05, 0.1) is 18.0 Å². The molecule has 0 unspecified atom stereocenters. The van der Waals surface area contributed by atoms with Crippen LogP contribution in [0.2, 0.25) is 0 Å². The number of H-pyrrole nitrogens is 1. The Morgan fingerprint density at radius 2 is 2.12 bits per heavy atom. The average molecular weight is 337 g/mol. The van der Waals surface area contributed by atoms with Crippen LogP contribution < -0.4 is 16.4 Å². The largest absolute Gasteiger partial charge is 0.459 e. The van der Waals surface area contributed by atoms with Gasteiger partial charge in [-0.15, -0.1) is 0 Å². The summed E-state index contributed by atoms with van der Waals surface area (Å²) in [6.45, 7) is 1.47. The highest BCUT2D eigenvalue weighted by Gasteiger charge is 2.11. The van der Waals surface area contributed by atoms with E-state index >= 15 is 0 Å². The van der Waals surface area contributed by atoms with Crippen molar-refractivity contribution in [2.75, 3.05) is 23.7 Å². The Hall–Kier alpha value is -3.13. The zero-order valence-corrected chi connectivity index (χ0v) is 13.6. The van der Waals surface area contributed by atoms with Crippen LogP contribution in [0.1, 0.15) is 12.8 Å². The Balaban J connectivity index is 1.60. The number of furan rings is 1. The van der Waals surface area contributed by atoms with E-state index in [-0.39, 0.29) is 0 Å². The molecule has 0 fully saturated rings. The number of hydrogen-bond donors (Lipinski definition) is 4. The highest BCUT2D eigenvalue weighted by molar-refractivity contribution is 5.86. The van der Waals surface area contributed by atoms with Gasteiger partial charge in [0.15, 0.2) is 11.4 Å². The van der Waals surface area contributed by atoms with Gasteiger partial charge in [-0.1, -0.05) is 0 Å². The molecule has 0 aliphatic heterocycles. The molecule has 4 aromatic rings. The van der Waals surface area contributed by atoms with Crippen molar-refractivity contribution in [2.24, 2.45) is 5.73 Å². The first-order valence-electron chi connectivity index (χ1n) is 8.23. The van der Waals surface area contributed by atoms with Crippen LogP contribution in [0.25, 0.3) is 22.0 Å². The van der Waals surface area contributed by atoms with Crippen molar-refractivity contribution in [3.05, 3.63) is 36.7 Å². The van der Waals surface area contributed by atoms with Gasteiger partial charge in [0.2, 0.25) is 5.95 Å². The van der Waals surface area contributed by atoms with Crippen LogP contribution in [0.15, 0.2) is 41.1 Å². The third-order valence-electron chi connectivity index (χ3n) is 3.92. The van der Waals surface area contributed by atoms with Crippen molar-refractivity contribution >= 4 is 39.5 Å². The number of anilines is 3. The van der Waals surface area contributed by atoms with E-state index in [4.69, 9.17) is 10.2 Å². The van der Waals surface area contributed by atoms with Crippen LogP contribution in [0.3, 0.4) is 0 Å². The maximum absolute atomic E-state index is 5.53. The third kappa shape index (κ3) is 3.24. The number of aromatic amines is 1. The number of hydrogen-bond acceptors (Lipinski definition) is 7. The van der Waals surface area contributed by atoms with Gasteiger partial charge in [0, 0.05) is 23.7 Å². The van der Waals surface area contributed by atoms with Gasteiger partial charge in [-0.05, 0) is 37.6 Å². The topological polar surface area (TPSA) is 118 Å². The highest BCUT2D eigenvalue weighted by Crippen LogP contribution is 2.25. The third-order valence-corrected chi connectivity index (χ3v) is 3.92. The molecule has 0 saturated carbocycles. The van der Waals surface area contributed by atoms with Gasteiger partial charge in [-0.3, -0.25) is 5.10 Å². The molecule has 3 aromatic heterocycles. The predicted octanol–water partition coefficient (Wildman–Crippen LogP) is 2.99. The zero-order valence-electron chi connectivity index (χ0n) is 13.6. The molecule has 0 spiro atoms. The molecule has 8 heteroatoms. The minimum absolute atomic E-state index is 0.508. The molecule has 128 valence electrons. The van der Waals surface area contributed by atoms with Crippen LogP contribution in [-0.4, -0.2) is 33.3 Å². The van der Waals surface area contributed by atoms with Crippen LogP contribution in [0, 0.1) is 0 Å².